The summed E-state index contributed by atoms with van der Waals surface area (Å²) in [5, 5.41) is 3.57. The third-order valence-corrected chi connectivity index (χ3v) is 4.18. The topological polar surface area (TPSA) is 12.0 Å². The Kier molecular flexibility index (Phi) is 2.00. The lowest BCUT2D eigenvalue weighted by Crippen LogP contribution is -2.33. The Morgan fingerprint density at radius 1 is 1.19 bits per heavy atom. The molecule has 3 rings (SSSR count). The fraction of sp³-hybridized carbons (Fsp3) is 0.600. The second-order valence-electron chi connectivity index (χ2n) is 6.51. The number of hydrogen-bond acceptors (Lipinski definition) is 1. The molecule has 2 aliphatic rings. The van der Waals surface area contributed by atoms with Crippen molar-refractivity contribution >= 4 is 0 Å². The van der Waals surface area contributed by atoms with Gasteiger partial charge in [0.25, 0.3) is 0 Å². The van der Waals surface area contributed by atoms with Crippen LogP contribution in [-0.4, -0.2) is 6.54 Å². The fourth-order valence-corrected chi connectivity index (χ4v) is 2.85. The summed E-state index contributed by atoms with van der Waals surface area (Å²) in [6.45, 7) is 9.11. The summed E-state index contributed by atoms with van der Waals surface area (Å²) in [6.07, 6.45) is 2.75. The van der Waals surface area contributed by atoms with Gasteiger partial charge in [-0.1, -0.05) is 39.0 Å². The van der Waals surface area contributed by atoms with Gasteiger partial charge in [-0.25, -0.2) is 0 Å². The predicted octanol–water partition coefficient (Wildman–Crippen LogP) is 3.12. The quantitative estimate of drug-likeness (QED) is 0.701. The van der Waals surface area contributed by atoms with Gasteiger partial charge in [-0.3, -0.25) is 0 Å². The second kappa shape index (κ2) is 3.10. The van der Waals surface area contributed by atoms with Gasteiger partial charge in [0.05, 0.1) is 0 Å². The van der Waals surface area contributed by atoms with Crippen molar-refractivity contribution in [3.63, 3.8) is 0 Å². The highest BCUT2D eigenvalue weighted by atomic mass is 14.9. The Bertz CT molecular complexity index is 422. The molecule has 1 heterocycles. The van der Waals surface area contributed by atoms with Gasteiger partial charge in [-0.2, -0.15) is 0 Å². The van der Waals surface area contributed by atoms with E-state index in [4.69, 9.17) is 0 Å². The number of hydrogen-bond donors (Lipinski definition) is 1. The molecule has 0 atom stereocenters. The Hall–Kier alpha value is -0.820. The van der Waals surface area contributed by atoms with Crippen molar-refractivity contribution in [1.29, 1.82) is 0 Å². The molecule has 1 nitrogen and oxygen atoms in total. The van der Waals surface area contributed by atoms with Crippen molar-refractivity contribution < 1.29 is 0 Å². The van der Waals surface area contributed by atoms with Gasteiger partial charge in [-0.05, 0) is 34.9 Å². The van der Waals surface area contributed by atoms with Gasteiger partial charge in [0.15, 0.2) is 0 Å². The predicted molar refractivity (Wildman–Crippen MR) is 67.8 cm³/mol. The van der Waals surface area contributed by atoms with E-state index in [1.165, 1.54) is 30.5 Å². The zero-order chi connectivity index (χ0) is 11.4. The molecule has 1 heteroatoms. The molecule has 1 spiro atoms. The van der Waals surface area contributed by atoms with E-state index in [-0.39, 0.29) is 5.41 Å². The Labute approximate surface area is 98.3 Å². The fourth-order valence-electron chi connectivity index (χ4n) is 2.85. The first kappa shape index (κ1) is 10.3. The molecule has 0 unspecified atom stereocenters. The zero-order valence-corrected chi connectivity index (χ0v) is 10.6. The van der Waals surface area contributed by atoms with E-state index in [1.807, 2.05) is 0 Å². The average molecular weight is 215 g/mol. The number of rotatable bonds is 0. The number of nitrogens with one attached hydrogen (secondary N) is 1. The summed E-state index contributed by atoms with van der Waals surface area (Å²) in [5.41, 5.74) is 5.41. The van der Waals surface area contributed by atoms with E-state index < -0.39 is 0 Å². The molecule has 1 saturated carbocycles. The Morgan fingerprint density at radius 3 is 2.56 bits per heavy atom. The molecule has 1 aliphatic carbocycles. The average Bonchev–Trinajstić information content (AvgIpc) is 2.97. The van der Waals surface area contributed by atoms with Gasteiger partial charge in [0.2, 0.25) is 0 Å². The molecule has 86 valence electrons. The lowest BCUT2D eigenvalue weighted by Gasteiger charge is -2.29. The van der Waals surface area contributed by atoms with Gasteiger partial charge in [0.1, 0.15) is 0 Å². The SMILES string of the molecule is CC(C)(C)c1ccc2c(c1)CNCC21CC1. The highest BCUT2D eigenvalue weighted by molar-refractivity contribution is 5.44. The summed E-state index contributed by atoms with van der Waals surface area (Å²) in [7, 11) is 0. The maximum Gasteiger partial charge on any atom is 0.0208 e. The third kappa shape index (κ3) is 1.49. The zero-order valence-electron chi connectivity index (χ0n) is 10.6. The molecular formula is C15H21N. The van der Waals surface area contributed by atoms with E-state index in [1.54, 1.807) is 5.56 Å². The molecular weight excluding hydrogens is 194 g/mol. The van der Waals surface area contributed by atoms with E-state index in [0.29, 0.717) is 5.41 Å². The van der Waals surface area contributed by atoms with Crippen LogP contribution in [-0.2, 0) is 17.4 Å². The molecule has 1 aromatic rings. The van der Waals surface area contributed by atoms with Crippen molar-refractivity contribution in [3.05, 3.63) is 34.9 Å². The molecule has 16 heavy (non-hydrogen) atoms. The van der Waals surface area contributed by atoms with Crippen molar-refractivity contribution in [2.45, 2.75) is 51.0 Å². The first-order valence-corrected chi connectivity index (χ1v) is 6.36. The number of fused-ring (bicyclic) bond motifs is 2. The molecule has 0 amide bonds. The summed E-state index contributed by atoms with van der Waals surface area (Å²) >= 11 is 0. The minimum absolute atomic E-state index is 0.267. The van der Waals surface area contributed by atoms with Crippen LogP contribution in [0.5, 0.6) is 0 Å². The van der Waals surface area contributed by atoms with Crippen molar-refractivity contribution in [2.75, 3.05) is 6.54 Å². The van der Waals surface area contributed by atoms with Crippen LogP contribution in [0.2, 0.25) is 0 Å². The first-order valence-electron chi connectivity index (χ1n) is 6.36. The van der Waals surface area contributed by atoms with E-state index in [2.05, 4.69) is 44.3 Å². The van der Waals surface area contributed by atoms with Crippen LogP contribution in [0, 0.1) is 0 Å². The lowest BCUT2D eigenvalue weighted by atomic mass is 9.81. The minimum atomic E-state index is 0.267. The minimum Gasteiger partial charge on any atom is -0.312 e. The smallest absolute Gasteiger partial charge is 0.0208 e. The van der Waals surface area contributed by atoms with Gasteiger partial charge in [0, 0.05) is 18.5 Å². The van der Waals surface area contributed by atoms with Crippen LogP contribution < -0.4 is 5.32 Å². The monoisotopic (exact) mass is 215 g/mol. The van der Waals surface area contributed by atoms with Crippen molar-refractivity contribution in [1.82, 2.24) is 5.32 Å². The second-order valence-corrected chi connectivity index (χ2v) is 6.51. The molecule has 0 radical (unpaired) electrons. The van der Waals surface area contributed by atoms with Crippen LogP contribution >= 0.6 is 0 Å². The number of benzene rings is 1. The summed E-state index contributed by atoms with van der Waals surface area (Å²) in [5.74, 6) is 0. The van der Waals surface area contributed by atoms with Gasteiger partial charge < -0.3 is 5.32 Å². The van der Waals surface area contributed by atoms with E-state index in [9.17, 15) is 0 Å². The molecule has 0 aromatic heterocycles. The third-order valence-electron chi connectivity index (χ3n) is 4.18. The Morgan fingerprint density at radius 2 is 1.94 bits per heavy atom. The molecule has 1 N–H and O–H groups in total. The van der Waals surface area contributed by atoms with Crippen LogP contribution in [0.15, 0.2) is 18.2 Å². The largest absolute Gasteiger partial charge is 0.312 e. The molecule has 1 aliphatic heterocycles. The highest BCUT2D eigenvalue weighted by Gasteiger charge is 2.46. The maximum absolute atomic E-state index is 3.57. The van der Waals surface area contributed by atoms with Crippen molar-refractivity contribution in [3.8, 4) is 0 Å². The van der Waals surface area contributed by atoms with Crippen LogP contribution in [0.1, 0.15) is 50.3 Å². The van der Waals surface area contributed by atoms with Crippen LogP contribution in [0.4, 0.5) is 0 Å². The lowest BCUT2D eigenvalue weighted by molar-refractivity contribution is 0.525. The summed E-state index contributed by atoms with van der Waals surface area (Å²) < 4.78 is 0. The van der Waals surface area contributed by atoms with Crippen LogP contribution in [0.3, 0.4) is 0 Å². The molecule has 1 aromatic carbocycles. The van der Waals surface area contributed by atoms with Gasteiger partial charge in [-0.15, -0.1) is 0 Å². The molecule has 1 fully saturated rings. The van der Waals surface area contributed by atoms with Crippen molar-refractivity contribution in [2.24, 2.45) is 0 Å². The Balaban J connectivity index is 2.06. The van der Waals surface area contributed by atoms with Crippen LogP contribution in [0.25, 0.3) is 0 Å². The maximum atomic E-state index is 3.57. The normalized spacial score (nSPS) is 21.9. The van der Waals surface area contributed by atoms with Gasteiger partial charge >= 0.3 is 0 Å². The van der Waals surface area contributed by atoms with E-state index in [0.717, 1.165) is 6.54 Å². The highest BCUT2D eigenvalue weighted by Crippen LogP contribution is 2.50. The summed E-state index contributed by atoms with van der Waals surface area (Å²) in [6, 6.07) is 7.15. The van der Waals surface area contributed by atoms with E-state index >= 15 is 0 Å². The molecule has 0 bridgehead atoms. The summed E-state index contributed by atoms with van der Waals surface area (Å²) in [4.78, 5) is 0. The standard InChI is InChI=1S/C15H21N/c1-14(2,3)12-4-5-13-11(8-12)9-16-10-15(13)6-7-15/h4-5,8,16H,6-7,9-10H2,1-3H3. The first-order chi connectivity index (χ1) is 7.51. The molecule has 0 saturated heterocycles.